The predicted molar refractivity (Wildman–Crippen MR) is 111 cm³/mol. The van der Waals surface area contributed by atoms with E-state index >= 15 is 0 Å². The predicted octanol–water partition coefficient (Wildman–Crippen LogP) is 3.52. The summed E-state index contributed by atoms with van der Waals surface area (Å²) in [7, 11) is -0.472. The molecule has 0 saturated carbocycles. The number of carbonyl (C=O) groups excluding carboxylic acids is 1. The minimum atomic E-state index is -3.53. The molecule has 1 saturated heterocycles. The van der Waals surface area contributed by atoms with Gasteiger partial charge in [0, 0.05) is 30.4 Å². The van der Waals surface area contributed by atoms with Crippen LogP contribution in [0.1, 0.15) is 36.0 Å². The Morgan fingerprint density at radius 3 is 2.10 bits per heavy atom. The molecule has 0 bridgehead atoms. The van der Waals surface area contributed by atoms with E-state index in [-0.39, 0.29) is 10.8 Å². The minimum absolute atomic E-state index is 0.210. The summed E-state index contributed by atoms with van der Waals surface area (Å²) in [5.74, 6) is 0.730. The maximum atomic E-state index is 12.8. The number of carbonyl (C=O) groups is 1. The third-order valence-corrected chi connectivity index (χ3v) is 6.87. The van der Waals surface area contributed by atoms with E-state index in [1.807, 2.05) is 0 Å². The van der Waals surface area contributed by atoms with Crippen LogP contribution in [0.2, 0.25) is 0 Å². The molecule has 0 aliphatic carbocycles. The third kappa shape index (κ3) is 4.89. The normalized spacial score (nSPS) is 15.4. The molecule has 0 aromatic heterocycles. The van der Waals surface area contributed by atoms with Crippen molar-refractivity contribution < 1.29 is 22.7 Å². The van der Waals surface area contributed by atoms with Crippen molar-refractivity contribution >= 4 is 21.6 Å². The summed E-state index contributed by atoms with van der Waals surface area (Å²) in [5.41, 5.74) is 0.920. The van der Waals surface area contributed by atoms with Gasteiger partial charge in [-0.05, 0) is 49.2 Å². The van der Waals surface area contributed by atoms with Gasteiger partial charge in [-0.3, -0.25) is 4.79 Å². The van der Waals surface area contributed by atoms with Crippen LogP contribution in [-0.4, -0.2) is 45.9 Å². The molecule has 2 aromatic rings. The van der Waals surface area contributed by atoms with E-state index in [9.17, 15) is 13.2 Å². The van der Waals surface area contributed by atoms with Gasteiger partial charge in [-0.25, -0.2) is 8.42 Å². The molecule has 1 aliphatic rings. The standard InChI is InChI=1S/C21H26N2O5S/c1-27-19-12-9-17(15-20(19)28-2)22-21(24)16-7-10-18(11-8-16)29(25,26)23-13-5-3-4-6-14-23/h7-12,15H,3-6,13-14H2,1-2H3,(H,22,24). The van der Waals surface area contributed by atoms with Crippen molar-refractivity contribution in [3.05, 3.63) is 48.0 Å². The first-order valence-corrected chi connectivity index (χ1v) is 11.0. The molecule has 2 aromatic carbocycles. The number of ether oxygens (including phenoxy) is 2. The molecule has 156 valence electrons. The van der Waals surface area contributed by atoms with Crippen molar-refractivity contribution in [2.24, 2.45) is 0 Å². The number of methoxy groups -OCH3 is 2. The van der Waals surface area contributed by atoms with E-state index in [2.05, 4.69) is 5.32 Å². The van der Waals surface area contributed by atoms with Gasteiger partial charge in [-0.15, -0.1) is 0 Å². The zero-order valence-electron chi connectivity index (χ0n) is 16.7. The second kappa shape index (κ2) is 9.28. The number of nitrogens with zero attached hydrogens (tertiary/aromatic N) is 1. The van der Waals surface area contributed by atoms with Crippen molar-refractivity contribution in [3.63, 3.8) is 0 Å². The van der Waals surface area contributed by atoms with Crippen LogP contribution >= 0.6 is 0 Å². The molecule has 3 rings (SSSR count). The average molecular weight is 419 g/mol. The Hall–Kier alpha value is -2.58. The van der Waals surface area contributed by atoms with Crippen molar-refractivity contribution in [3.8, 4) is 11.5 Å². The van der Waals surface area contributed by atoms with Gasteiger partial charge >= 0.3 is 0 Å². The van der Waals surface area contributed by atoms with Crippen LogP contribution in [0.5, 0.6) is 11.5 Å². The summed E-state index contributed by atoms with van der Waals surface area (Å²) in [6.45, 7) is 1.09. The zero-order valence-corrected chi connectivity index (χ0v) is 17.5. The molecule has 0 atom stereocenters. The van der Waals surface area contributed by atoms with Gasteiger partial charge in [-0.2, -0.15) is 4.31 Å². The minimum Gasteiger partial charge on any atom is -0.493 e. The van der Waals surface area contributed by atoms with Crippen LogP contribution in [0.3, 0.4) is 0 Å². The lowest BCUT2D eigenvalue weighted by Crippen LogP contribution is -2.31. The number of benzene rings is 2. The largest absolute Gasteiger partial charge is 0.493 e. The van der Waals surface area contributed by atoms with Gasteiger partial charge in [-0.1, -0.05) is 12.8 Å². The van der Waals surface area contributed by atoms with Gasteiger partial charge in [0.25, 0.3) is 5.91 Å². The van der Waals surface area contributed by atoms with Crippen molar-refractivity contribution in [2.45, 2.75) is 30.6 Å². The van der Waals surface area contributed by atoms with Gasteiger partial charge < -0.3 is 14.8 Å². The van der Waals surface area contributed by atoms with Crippen LogP contribution in [0.4, 0.5) is 5.69 Å². The second-order valence-electron chi connectivity index (χ2n) is 6.87. The van der Waals surface area contributed by atoms with Gasteiger partial charge in [0.15, 0.2) is 11.5 Å². The fourth-order valence-corrected chi connectivity index (χ4v) is 4.84. The highest BCUT2D eigenvalue weighted by Gasteiger charge is 2.25. The van der Waals surface area contributed by atoms with E-state index in [1.54, 1.807) is 22.5 Å². The lowest BCUT2D eigenvalue weighted by atomic mass is 10.2. The SMILES string of the molecule is COc1ccc(NC(=O)c2ccc(S(=O)(=O)N3CCCCCC3)cc2)cc1OC. The summed E-state index contributed by atoms with van der Waals surface area (Å²) in [6, 6.07) is 11.1. The maximum Gasteiger partial charge on any atom is 0.255 e. The molecular weight excluding hydrogens is 392 g/mol. The summed E-state index contributed by atoms with van der Waals surface area (Å²) >= 11 is 0. The van der Waals surface area contributed by atoms with Gasteiger partial charge in [0.05, 0.1) is 19.1 Å². The first kappa shape index (κ1) is 21.1. The summed E-state index contributed by atoms with van der Waals surface area (Å²) < 4.78 is 37.6. The van der Waals surface area contributed by atoms with Gasteiger partial charge in [0.2, 0.25) is 10.0 Å². The van der Waals surface area contributed by atoms with Crippen molar-refractivity contribution in [1.29, 1.82) is 0 Å². The Labute approximate surface area is 171 Å². The number of nitrogens with one attached hydrogen (secondary N) is 1. The van der Waals surface area contributed by atoms with E-state index in [1.165, 1.54) is 38.5 Å². The van der Waals surface area contributed by atoms with Crippen LogP contribution in [-0.2, 0) is 10.0 Å². The van der Waals surface area contributed by atoms with E-state index in [0.717, 1.165) is 25.7 Å². The second-order valence-corrected chi connectivity index (χ2v) is 8.80. The smallest absolute Gasteiger partial charge is 0.255 e. The number of rotatable bonds is 6. The van der Waals surface area contributed by atoms with Crippen LogP contribution in [0.25, 0.3) is 0 Å². The molecular formula is C21H26N2O5S. The first-order chi connectivity index (χ1) is 14.0. The molecule has 1 aliphatic heterocycles. The van der Waals surface area contributed by atoms with E-state index in [4.69, 9.17) is 9.47 Å². The molecule has 7 nitrogen and oxygen atoms in total. The number of sulfonamides is 1. The molecule has 1 fully saturated rings. The van der Waals surface area contributed by atoms with E-state index in [0.29, 0.717) is 35.8 Å². The summed E-state index contributed by atoms with van der Waals surface area (Å²) in [5, 5.41) is 2.78. The summed E-state index contributed by atoms with van der Waals surface area (Å²) in [4.78, 5) is 12.7. The number of hydrogen-bond acceptors (Lipinski definition) is 5. The number of anilines is 1. The quantitative estimate of drug-likeness (QED) is 0.776. The van der Waals surface area contributed by atoms with Crippen LogP contribution in [0, 0.1) is 0 Å². The molecule has 1 amide bonds. The van der Waals surface area contributed by atoms with E-state index < -0.39 is 10.0 Å². The monoisotopic (exact) mass is 418 g/mol. The Balaban J connectivity index is 1.73. The fourth-order valence-electron chi connectivity index (χ4n) is 3.33. The Kier molecular flexibility index (Phi) is 6.76. The summed E-state index contributed by atoms with van der Waals surface area (Å²) in [6.07, 6.45) is 3.87. The Morgan fingerprint density at radius 2 is 1.52 bits per heavy atom. The van der Waals surface area contributed by atoms with Crippen molar-refractivity contribution in [1.82, 2.24) is 4.31 Å². The maximum absolute atomic E-state index is 12.8. The topological polar surface area (TPSA) is 84.9 Å². The molecule has 1 heterocycles. The molecule has 0 unspecified atom stereocenters. The molecule has 0 spiro atoms. The molecule has 29 heavy (non-hydrogen) atoms. The molecule has 0 radical (unpaired) electrons. The highest BCUT2D eigenvalue weighted by molar-refractivity contribution is 7.89. The number of amides is 1. The zero-order chi connectivity index (χ0) is 20.9. The Morgan fingerprint density at radius 1 is 0.897 bits per heavy atom. The highest BCUT2D eigenvalue weighted by atomic mass is 32.2. The molecule has 8 heteroatoms. The lowest BCUT2D eigenvalue weighted by molar-refractivity contribution is 0.102. The average Bonchev–Trinajstić information content (AvgIpc) is 3.04. The van der Waals surface area contributed by atoms with Crippen LogP contribution in [0.15, 0.2) is 47.4 Å². The van der Waals surface area contributed by atoms with Gasteiger partial charge in [0.1, 0.15) is 0 Å². The highest BCUT2D eigenvalue weighted by Crippen LogP contribution is 2.30. The Bertz CT molecular complexity index is 950. The molecule has 1 N–H and O–H groups in total. The van der Waals surface area contributed by atoms with Crippen molar-refractivity contribution in [2.75, 3.05) is 32.6 Å². The fraction of sp³-hybridized carbons (Fsp3) is 0.381. The first-order valence-electron chi connectivity index (χ1n) is 9.59. The lowest BCUT2D eigenvalue weighted by Gasteiger charge is -2.20. The third-order valence-electron chi connectivity index (χ3n) is 4.96. The number of hydrogen-bond donors (Lipinski definition) is 1. The van der Waals surface area contributed by atoms with Crippen LogP contribution < -0.4 is 14.8 Å².